The second-order valence-electron chi connectivity index (χ2n) is 6.14. The Hall–Kier alpha value is -2.53. The number of nitrogens with one attached hydrogen (secondary N) is 2. The standard InChI is InChI=1S/C21H24ClN5O3.HI/c1-4-23-21(25-16-10-11-17(29-5-2)18(12-16)28-3)24-13-19-26-20(27-30-19)14-6-8-15(22)9-7-14;/h6-12H,4-5,13H2,1-3H3,(H2,23,24,25);1H. The van der Waals surface area contributed by atoms with Crippen LogP contribution in [0.25, 0.3) is 11.4 Å². The lowest BCUT2D eigenvalue weighted by molar-refractivity contribution is 0.311. The number of methoxy groups -OCH3 is 1. The SMILES string of the molecule is CCNC(=NCc1nc(-c2ccc(Cl)cc2)no1)Nc1ccc(OCC)c(OC)c1.I. The Bertz CT molecular complexity index is 995. The molecule has 0 fully saturated rings. The van der Waals surface area contributed by atoms with Crippen molar-refractivity contribution in [3.8, 4) is 22.9 Å². The Morgan fingerprint density at radius 2 is 1.90 bits per heavy atom. The second-order valence-corrected chi connectivity index (χ2v) is 6.57. The molecular weight excluding hydrogens is 533 g/mol. The first-order chi connectivity index (χ1) is 14.6. The average Bonchev–Trinajstić information content (AvgIpc) is 3.23. The minimum absolute atomic E-state index is 0. The molecule has 0 aliphatic rings. The highest BCUT2D eigenvalue weighted by atomic mass is 127. The Kier molecular flexibility index (Phi) is 9.86. The molecule has 0 aliphatic heterocycles. The van der Waals surface area contributed by atoms with Crippen molar-refractivity contribution >= 4 is 47.2 Å². The van der Waals surface area contributed by atoms with Crippen LogP contribution in [0.1, 0.15) is 19.7 Å². The molecule has 0 saturated heterocycles. The zero-order valence-electron chi connectivity index (χ0n) is 17.5. The molecule has 1 heterocycles. The van der Waals surface area contributed by atoms with Gasteiger partial charge in [-0.05, 0) is 50.2 Å². The highest BCUT2D eigenvalue weighted by Crippen LogP contribution is 2.30. The van der Waals surface area contributed by atoms with E-state index in [0.29, 0.717) is 47.3 Å². The van der Waals surface area contributed by atoms with Gasteiger partial charge in [0.15, 0.2) is 17.5 Å². The first kappa shape index (κ1) is 24.7. The van der Waals surface area contributed by atoms with Crippen molar-refractivity contribution in [3.63, 3.8) is 0 Å². The minimum Gasteiger partial charge on any atom is -0.493 e. The molecule has 0 amide bonds. The van der Waals surface area contributed by atoms with Crippen LogP contribution >= 0.6 is 35.6 Å². The van der Waals surface area contributed by atoms with E-state index in [1.54, 1.807) is 19.2 Å². The summed E-state index contributed by atoms with van der Waals surface area (Å²) >= 11 is 5.92. The van der Waals surface area contributed by atoms with Crippen molar-refractivity contribution in [1.29, 1.82) is 0 Å². The molecule has 0 aliphatic carbocycles. The lowest BCUT2D eigenvalue weighted by Crippen LogP contribution is -2.30. The van der Waals surface area contributed by atoms with Crippen LogP contribution in [0.3, 0.4) is 0 Å². The number of aliphatic imine (C=N–C) groups is 1. The maximum absolute atomic E-state index is 5.92. The molecule has 8 nitrogen and oxygen atoms in total. The van der Waals surface area contributed by atoms with Gasteiger partial charge in [-0.1, -0.05) is 16.8 Å². The normalized spacial score (nSPS) is 10.9. The van der Waals surface area contributed by atoms with E-state index in [1.165, 1.54) is 0 Å². The number of nitrogens with zero attached hydrogens (tertiary/aromatic N) is 3. The number of rotatable bonds is 8. The van der Waals surface area contributed by atoms with Crippen molar-refractivity contribution in [2.75, 3.05) is 25.6 Å². The molecule has 3 aromatic rings. The highest BCUT2D eigenvalue weighted by Gasteiger charge is 2.10. The molecule has 1 aromatic heterocycles. The fourth-order valence-electron chi connectivity index (χ4n) is 2.65. The van der Waals surface area contributed by atoms with Gasteiger partial charge >= 0.3 is 0 Å². The third-order valence-corrected chi connectivity index (χ3v) is 4.27. The van der Waals surface area contributed by atoms with E-state index >= 15 is 0 Å². The number of ether oxygens (including phenoxy) is 2. The van der Waals surface area contributed by atoms with E-state index in [-0.39, 0.29) is 30.5 Å². The van der Waals surface area contributed by atoms with E-state index in [4.69, 9.17) is 25.6 Å². The van der Waals surface area contributed by atoms with E-state index in [1.807, 2.05) is 44.2 Å². The molecule has 0 atom stereocenters. The number of hydrogen-bond acceptors (Lipinski definition) is 6. The summed E-state index contributed by atoms with van der Waals surface area (Å²) in [6, 6.07) is 12.8. The first-order valence-corrected chi connectivity index (χ1v) is 9.95. The third-order valence-electron chi connectivity index (χ3n) is 4.01. The van der Waals surface area contributed by atoms with Gasteiger partial charge in [0.05, 0.1) is 13.7 Å². The maximum atomic E-state index is 5.92. The summed E-state index contributed by atoms with van der Waals surface area (Å²) in [5.41, 5.74) is 1.63. The smallest absolute Gasteiger partial charge is 0.248 e. The van der Waals surface area contributed by atoms with Crippen LogP contribution in [0, 0.1) is 0 Å². The van der Waals surface area contributed by atoms with Crippen LogP contribution in [0.5, 0.6) is 11.5 Å². The summed E-state index contributed by atoms with van der Waals surface area (Å²) in [4.78, 5) is 8.91. The summed E-state index contributed by atoms with van der Waals surface area (Å²) in [5, 5.41) is 11.1. The predicted molar refractivity (Wildman–Crippen MR) is 133 cm³/mol. The Morgan fingerprint density at radius 3 is 2.58 bits per heavy atom. The topological polar surface area (TPSA) is 93.8 Å². The van der Waals surface area contributed by atoms with Crippen molar-refractivity contribution < 1.29 is 14.0 Å². The summed E-state index contributed by atoms with van der Waals surface area (Å²) in [5.74, 6) is 2.80. The zero-order valence-corrected chi connectivity index (χ0v) is 20.6. The number of aromatic nitrogens is 2. The van der Waals surface area contributed by atoms with Crippen LogP contribution in [-0.4, -0.2) is 36.4 Å². The average molecular weight is 558 g/mol. The number of benzene rings is 2. The molecule has 166 valence electrons. The lowest BCUT2D eigenvalue weighted by atomic mass is 10.2. The van der Waals surface area contributed by atoms with E-state index in [2.05, 4.69) is 25.8 Å². The molecule has 0 unspecified atom stereocenters. The largest absolute Gasteiger partial charge is 0.493 e. The summed E-state index contributed by atoms with van der Waals surface area (Å²) in [6.45, 7) is 5.40. The van der Waals surface area contributed by atoms with Crippen LogP contribution < -0.4 is 20.1 Å². The number of halogens is 2. The van der Waals surface area contributed by atoms with E-state index in [0.717, 1.165) is 11.3 Å². The highest BCUT2D eigenvalue weighted by molar-refractivity contribution is 14.0. The van der Waals surface area contributed by atoms with Gasteiger partial charge < -0.3 is 24.6 Å². The monoisotopic (exact) mass is 557 g/mol. The zero-order chi connectivity index (χ0) is 21.3. The van der Waals surface area contributed by atoms with Gasteiger partial charge in [-0.25, -0.2) is 4.99 Å². The molecule has 0 spiro atoms. The predicted octanol–water partition coefficient (Wildman–Crippen LogP) is 4.99. The first-order valence-electron chi connectivity index (χ1n) is 9.57. The molecule has 3 rings (SSSR count). The molecular formula is C21H25ClIN5O3. The van der Waals surface area contributed by atoms with Crippen LogP contribution in [-0.2, 0) is 6.54 Å². The quantitative estimate of drug-likeness (QED) is 0.229. The minimum atomic E-state index is 0. The number of anilines is 1. The fraction of sp³-hybridized carbons (Fsp3) is 0.286. The van der Waals surface area contributed by atoms with Crippen LogP contribution in [0.15, 0.2) is 52.0 Å². The van der Waals surface area contributed by atoms with Gasteiger partial charge in [-0.15, -0.1) is 24.0 Å². The Labute approximate surface area is 203 Å². The van der Waals surface area contributed by atoms with Crippen molar-refractivity contribution in [2.24, 2.45) is 4.99 Å². The van der Waals surface area contributed by atoms with E-state index in [9.17, 15) is 0 Å². The van der Waals surface area contributed by atoms with Gasteiger partial charge in [-0.2, -0.15) is 4.98 Å². The molecule has 2 aromatic carbocycles. The van der Waals surface area contributed by atoms with Gasteiger partial charge in [0, 0.05) is 28.9 Å². The number of guanidine groups is 1. The molecule has 31 heavy (non-hydrogen) atoms. The Balaban J connectivity index is 0.00000341. The summed E-state index contributed by atoms with van der Waals surface area (Å²) < 4.78 is 16.3. The van der Waals surface area contributed by atoms with Gasteiger partial charge in [0.1, 0.15) is 6.54 Å². The molecule has 0 bridgehead atoms. The van der Waals surface area contributed by atoms with Crippen LogP contribution in [0.2, 0.25) is 5.02 Å². The fourth-order valence-corrected chi connectivity index (χ4v) is 2.77. The van der Waals surface area contributed by atoms with Gasteiger partial charge in [0.25, 0.3) is 0 Å². The van der Waals surface area contributed by atoms with Crippen LogP contribution in [0.4, 0.5) is 5.69 Å². The van der Waals surface area contributed by atoms with Crippen molar-refractivity contribution in [2.45, 2.75) is 20.4 Å². The van der Waals surface area contributed by atoms with Gasteiger partial charge in [0.2, 0.25) is 11.7 Å². The Morgan fingerprint density at radius 1 is 1.13 bits per heavy atom. The molecule has 0 saturated carbocycles. The summed E-state index contributed by atoms with van der Waals surface area (Å²) in [7, 11) is 1.61. The maximum Gasteiger partial charge on any atom is 0.248 e. The molecule has 2 N–H and O–H groups in total. The van der Waals surface area contributed by atoms with Crippen molar-refractivity contribution in [3.05, 3.63) is 53.4 Å². The third kappa shape index (κ3) is 7.00. The van der Waals surface area contributed by atoms with Crippen molar-refractivity contribution in [1.82, 2.24) is 15.5 Å². The second kappa shape index (κ2) is 12.4. The molecule has 10 heteroatoms. The number of hydrogen-bond donors (Lipinski definition) is 2. The lowest BCUT2D eigenvalue weighted by Gasteiger charge is -2.14. The summed E-state index contributed by atoms with van der Waals surface area (Å²) in [6.07, 6.45) is 0. The molecule has 0 radical (unpaired) electrons. The van der Waals surface area contributed by atoms with Gasteiger partial charge in [-0.3, -0.25) is 0 Å². The van der Waals surface area contributed by atoms with E-state index < -0.39 is 0 Å².